The summed E-state index contributed by atoms with van der Waals surface area (Å²) in [6, 6.07) is 5.78. The highest BCUT2D eigenvalue weighted by atomic mass is 16.5. The molecule has 3 heterocycles. The van der Waals surface area contributed by atoms with E-state index in [2.05, 4.69) is 32.4 Å². The lowest BCUT2D eigenvalue weighted by atomic mass is 10.0. The molecular formula is C20H30N6O3. The van der Waals surface area contributed by atoms with Crippen LogP contribution in [0.5, 0.6) is 11.5 Å². The van der Waals surface area contributed by atoms with E-state index in [0.717, 1.165) is 68.5 Å². The molecule has 29 heavy (non-hydrogen) atoms. The zero-order chi connectivity index (χ0) is 20.2. The first-order valence-electron chi connectivity index (χ1n) is 10.2. The summed E-state index contributed by atoms with van der Waals surface area (Å²) in [6.45, 7) is 5.32. The van der Waals surface area contributed by atoms with Crippen molar-refractivity contribution in [1.29, 1.82) is 0 Å². The second-order valence-electron chi connectivity index (χ2n) is 7.70. The Kier molecular flexibility index (Phi) is 6.27. The van der Waals surface area contributed by atoms with Crippen LogP contribution in [0.2, 0.25) is 0 Å². The number of piperazine rings is 1. The van der Waals surface area contributed by atoms with Crippen molar-refractivity contribution in [2.45, 2.75) is 31.5 Å². The van der Waals surface area contributed by atoms with Gasteiger partial charge < -0.3 is 19.1 Å². The third-order valence-electron chi connectivity index (χ3n) is 5.84. The number of tetrazole rings is 1. The Hall–Kier alpha value is -2.23. The molecular weight excluding hydrogens is 372 g/mol. The van der Waals surface area contributed by atoms with Crippen molar-refractivity contribution in [3.05, 3.63) is 29.6 Å². The fourth-order valence-corrected chi connectivity index (χ4v) is 4.15. The number of hydrogen-bond donors (Lipinski definition) is 0. The Morgan fingerprint density at radius 3 is 2.69 bits per heavy atom. The average molecular weight is 402 g/mol. The highest BCUT2D eigenvalue weighted by Gasteiger charge is 2.33. The second kappa shape index (κ2) is 9.06. The predicted molar refractivity (Wildman–Crippen MR) is 107 cm³/mol. The first kappa shape index (κ1) is 20.1. The Morgan fingerprint density at radius 1 is 1.17 bits per heavy atom. The van der Waals surface area contributed by atoms with Crippen LogP contribution in [0.4, 0.5) is 0 Å². The van der Waals surface area contributed by atoms with Gasteiger partial charge in [-0.1, -0.05) is 0 Å². The van der Waals surface area contributed by atoms with E-state index in [1.807, 2.05) is 22.9 Å². The van der Waals surface area contributed by atoms with Gasteiger partial charge in [0.05, 0.1) is 26.9 Å². The molecule has 2 aromatic rings. The minimum Gasteiger partial charge on any atom is -0.497 e. The summed E-state index contributed by atoms with van der Waals surface area (Å²) in [7, 11) is 5.53. The molecule has 0 radical (unpaired) electrons. The minimum atomic E-state index is -0.120. The lowest BCUT2D eigenvalue weighted by Crippen LogP contribution is -2.47. The van der Waals surface area contributed by atoms with Gasteiger partial charge in [-0.05, 0) is 48.5 Å². The van der Waals surface area contributed by atoms with E-state index in [-0.39, 0.29) is 12.1 Å². The number of likely N-dealkylation sites (N-methyl/N-ethyl adjacent to an activating group) is 1. The summed E-state index contributed by atoms with van der Waals surface area (Å²) in [6.07, 6.45) is 2.30. The molecule has 0 unspecified atom stereocenters. The van der Waals surface area contributed by atoms with Gasteiger partial charge in [-0.3, -0.25) is 4.90 Å². The molecule has 2 aliphatic heterocycles. The fraction of sp³-hybridized carbons (Fsp3) is 0.650. The van der Waals surface area contributed by atoms with Crippen LogP contribution in [0.15, 0.2) is 18.2 Å². The van der Waals surface area contributed by atoms with Crippen molar-refractivity contribution in [3.8, 4) is 11.5 Å². The highest BCUT2D eigenvalue weighted by Crippen LogP contribution is 2.36. The number of rotatable bonds is 7. The number of nitrogens with zero attached hydrogens (tertiary/aromatic N) is 6. The van der Waals surface area contributed by atoms with E-state index in [9.17, 15) is 0 Å². The first-order valence-corrected chi connectivity index (χ1v) is 10.2. The van der Waals surface area contributed by atoms with Crippen molar-refractivity contribution in [3.63, 3.8) is 0 Å². The van der Waals surface area contributed by atoms with Gasteiger partial charge in [0.2, 0.25) is 0 Å². The summed E-state index contributed by atoms with van der Waals surface area (Å²) in [5.74, 6) is 2.41. The third-order valence-corrected chi connectivity index (χ3v) is 5.84. The van der Waals surface area contributed by atoms with Gasteiger partial charge in [-0.25, -0.2) is 4.68 Å². The Labute approximate surface area is 171 Å². The number of hydrogen-bond acceptors (Lipinski definition) is 8. The molecule has 0 amide bonds. The third kappa shape index (κ3) is 4.36. The smallest absolute Gasteiger partial charge is 0.173 e. The SMILES string of the molecule is COc1ccc(OC)c([C@@H](c2nnnn2C[C@@H]2CCCO2)N2CCN(C)CC2)c1. The fourth-order valence-electron chi connectivity index (χ4n) is 4.15. The van der Waals surface area contributed by atoms with E-state index < -0.39 is 0 Å². The van der Waals surface area contributed by atoms with Crippen LogP contribution in [0.25, 0.3) is 0 Å². The summed E-state index contributed by atoms with van der Waals surface area (Å²) in [5.41, 5.74) is 1.01. The topological polar surface area (TPSA) is 77.8 Å². The zero-order valence-electron chi connectivity index (χ0n) is 17.5. The van der Waals surface area contributed by atoms with E-state index >= 15 is 0 Å². The second-order valence-corrected chi connectivity index (χ2v) is 7.70. The summed E-state index contributed by atoms with van der Waals surface area (Å²) in [4.78, 5) is 4.76. The molecule has 2 aliphatic rings. The van der Waals surface area contributed by atoms with E-state index in [1.165, 1.54) is 0 Å². The minimum absolute atomic E-state index is 0.120. The van der Waals surface area contributed by atoms with Crippen LogP contribution in [0.1, 0.15) is 30.3 Å². The van der Waals surface area contributed by atoms with Crippen molar-refractivity contribution in [2.24, 2.45) is 0 Å². The number of aromatic nitrogens is 4. The quantitative estimate of drug-likeness (QED) is 0.684. The van der Waals surface area contributed by atoms with Gasteiger partial charge in [0, 0.05) is 38.3 Å². The maximum Gasteiger partial charge on any atom is 0.173 e. The molecule has 2 fully saturated rings. The van der Waals surface area contributed by atoms with E-state index in [1.54, 1.807) is 14.2 Å². The van der Waals surface area contributed by atoms with Crippen molar-refractivity contribution in [2.75, 3.05) is 54.1 Å². The maximum atomic E-state index is 5.83. The molecule has 0 saturated carbocycles. The molecule has 9 heteroatoms. The van der Waals surface area contributed by atoms with Crippen LogP contribution in [-0.2, 0) is 11.3 Å². The Bertz CT molecular complexity index is 799. The van der Waals surface area contributed by atoms with Gasteiger partial charge >= 0.3 is 0 Å². The molecule has 1 aromatic carbocycles. The number of methoxy groups -OCH3 is 2. The Morgan fingerprint density at radius 2 is 2.00 bits per heavy atom. The Balaban J connectivity index is 1.73. The summed E-state index contributed by atoms with van der Waals surface area (Å²) >= 11 is 0. The van der Waals surface area contributed by atoms with Crippen LogP contribution < -0.4 is 9.47 Å². The molecule has 0 bridgehead atoms. The first-order chi connectivity index (χ1) is 14.2. The van der Waals surface area contributed by atoms with Gasteiger partial charge in [0.25, 0.3) is 0 Å². The van der Waals surface area contributed by atoms with Crippen molar-refractivity contribution < 1.29 is 14.2 Å². The zero-order valence-corrected chi connectivity index (χ0v) is 17.5. The van der Waals surface area contributed by atoms with Gasteiger partial charge in [-0.2, -0.15) is 0 Å². The molecule has 9 nitrogen and oxygen atoms in total. The molecule has 0 N–H and O–H groups in total. The van der Waals surface area contributed by atoms with E-state index in [4.69, 9.17) is 14.2 Å². The maximum absolute atomic E-state index is 5.83. The molecule has 0 spiro atoms. The van der Waals surface area contributed by atoms with Crippen LogP contribution >= 0.6 is 0 Å². The summed E-state index contributed by atoms with van der Waals surface area (Å²) < 4.78 is 18.9. The highest BCUT2D eigenvalue weighted by molar-refractivity contribution is 5.44. The molecule has 4 rings (SSSR count). The summed E-state index contributed by atoms with van der Waals surface area (Å²) in [5, 5.41) is 12.8. The van der Waals surface area contributed by atoms with Crippen molar-refractivity contribution in [1.82, 2.24) is 30.0 Å². The number of benzene rings is 1. The molecule has 0 aliphatic carbocycles. The molecule has 2 saturated heterocycles. The molecule has 2 atom stereocenters. The van der Waals surface area contributed by atoms with E-state index in [0.29, 0.717) is 6.54 Å². The standard InChI is InChI=1S/C20H30N6O3/c1-24-8-10-25(11-9-24)19(17-13-15(27-2)6-7-18(17)28-3)20-21-22-23-26(20)14-16-5-4-12-29-16/h6-7,13,16,19H,4-5,8-12,14H2,1-3H3/t16-,19-/m0/s1. The van der Waals surface area contributed by atoms with Gasteiger partial charge in [0.15, 0.2) is 5.82 Å². The van der Waals surface area contributed by atoms with Gasteiger partial charge in [0.1, 0.15) is 17.5 Å². The molecule has 158 valence electrons. The lowest BCUT2D eigenvalue weighted by Gasteiger charge is -2.38. The van der Waals surface area contributed by atoms with Crippen LogP contribution in [0.3, 0.4) is 0 Å². The monoisotopic (exact) mass is 402 g/mol. The largest absolute Gasteiger partial charge is 0.497 e. The average Bonchev–Trinajstić information content (AvgIpc) is 3.42. The lowest BCUT2D eigenvalue weighted by molar-refractivity contribution is 0.0876. The number of ether oxygens (including phenoxy) is 3. The molecule has 1 aromatic heterocycles. The predicted octanol–water partition coefficient (Wildman–Crippen LogP) is 1.21. The van der Waals surface area contributed by atoms with Crippen LogP contribution in [0, 0.1) is 0 Å². The van der Waals surface area contributed by atoms with Crippen LogP contribution in [-0.4, -0.2) is 90.2 Å². The van der Waals surface area contributed by atoms with Gasteiger partial charge in [-0.15, -0.1) is 5.10 Å². The van der Waals surface area contributed by atoms with Crippen molar-refractivity contribution >= 4 is 0 Å². The normalized spacial score (nSPS) is 22.0.